The topological polar surface area (TPSA) is 157 Å². The van der Waals surface area contributed by atoms with Crippen molar-refractivity contribution in [1.82, 2.24) is 26.1 Å². The van der Waals surface area contributed by atoms with Crippen LogP contribution >= 0.6 is 0 Å². The molecule has 0 aliphatic carbocycles. The molecule has 0 aromatic heterocycles. The van der Waals surface area contributed by atoms with E-state index in [9.17, 15) is 22.8 Å². The van der Waals surface area contributed by atoms with E-state index in [2.05, 4.69) is 20.5 Å². The first-order chi connectivity index (χ1) is 12.7. The van der Waals surface area contributed by atoms with Crippen LogP contribution in [-0.2, 0) is 24.3 Å². The van der Waals surface area contributed by atoms with Gasteiger partial charge in [-0.15, -0.1) is 4.28 Å². The first-order valence-electron chi connectivity index (χ1n) is 8.81. The zero-order chi connectivity index (χ0) is 19.6. The number of carbonyl (C=O) groups excluding carboxylic acids is 3. The summed E-state index contributed by atoms with van der Waals surface area (Å²) in [5.74, 6) is -0.655. The van der Waals surface area contributed by atoms with E-state index in [1.807, 2.05) is 0 Å². The lowest BCUT2D eigenvalue weighted by atomic mass is 9.96. The summed E-state index contributed by atoms with van der Waals surface area (Å²) in [5, 5.41) is 3.78. The Morgan fingerprint density at radius 3 is 2.70 bits per heavy atom. The van der Waals surface area contributed by atoms with Crippen molar-refractivity contribution >= 4 is 28.2 Å². The molecule has 3 saturated heterocycles. The summed E-state index contributed by atoms with van der Waals surface area (Å²) < 4.78 is 34.8. The Morgan fingerprint density at radius 1 is 1.26 bits per heavy atom. The lowest BCUT2D eigenvalue weighted by Crippen LogP contribution is -2.54. The van der Waals surface area contributed by atoms with Crippen LogP contribution in [0.25, 0.3) is 0 Å². The van der Waals surface area contributed by atoms with E-state index in [-0.39, 0.29) is 24.8 Å². The Labute approximate surface area is 156 Å². The number of carbonyl (C=O) groups is 3. The molecule has 3 heterocycles. The fourth-order valence-electron chi connectivity index (χ4n) is 3.73. The highest BCUT2D eigenvalue weighted by Crippen LogP contribution is 2.30. The Hall–Kier alpha value is -1.96. The van der Waals surface area contributed by atoms with E-state index in [0.29, 0.717) is 17.9 Å². The molecule has 4 N–H and O–H groups in total. The molecule has 0 radical (unpaired) electrons. The molecule has 152 valence electrons. The fraction of sp³-hybridized carbons (Fsp3) is 0.786. The molecule has 4 amide bonds. The van der Waals surface area contributed by atoms with Crippen LogP contribution in [0.3, 0.4) is 0 Å². The molecule has 1 unspecified atom stereocenters. The van der Waals surface area contributed by atoms with Gasteiger partial charge in [-0.3, -0.25) is 25.0 Å². The molecule has 0 aromatic carbocycles. The van der Waals surface area contributed by atoms with Gasteiger partial charge in [0.25, 0.3) is 5.91 Å². The quantitative estimate of drug-likeness (QED) is 0.319. The monoisotopic (exact) mass is 405 g/mol. The highest BCUT2D eigenvalue weighted by Gasteiger charge is 2.49. The van der Waals surface area contributed by atoms with Gasteiger partial charge in [0.05, 0.1) is 6.04 Å². The second-order valence-electron chi connectivity index (χ2n) is 6.96. The zero-order valence-electron chi connectivity index (χ0n) is 14.6. The molecule has 3 fully saturated rings. The molecule has 0 saturated carbocycles. The molecule has 0 spiro atoms. The van der Waals surface area contributed by atoms with Crippen molar-refractivity contribution in [2.45, 2.75) is 44.2 Å². The molecule has 3 rings (SSSR count). The normalized spacial score (nSPS) is 28.2. The predicted molar refractivity (Wildman–Crippen MR) is 89.9 cm³/mol. The van der Waals surface area contributed by atoms with E-state index in [4.69, 9.17) is 4.55 Å². The van der Waals surface area contributed by atoms with Crippen molar-refractivity contribution < 1.29 is 31.6 Å². The second kappa shape index (κ2) is 7.96. The number of amides is 4. The smallest absolute Gasteiger partial charge is 0.316 e. The minimum atomic E-state index is -4.84. The van der Waals surface area contributed by atoms with Gasteiger partial charge in [-0.25, -0.2) is 4.79 Å². The maximum Gasteiger partial charge on any atom is 0.418 e. The van der Waals surface area contributed by atoms with Gasteiger partial charge in [-0.2, -0.15) is 13.5 Å². The van der Waals surface area contributed by atoms with Gasteiger partial charge >= 0.3 is 16.4 Å². The van der Waals surface area contributed by atoms with Gasteiger partial charge in [-0.1, -0.05) is 0 Å². The molecule has 3 aliphatic rings. The average molecular weight is 405 g/mol. The maximum atomic E-state index is 12.4. The summed E-state index contributed by atoms with van der Waals surface area (Å²) in [5.41, 5.74) is 4.69. The number of hydrogen-bond donors (Lipinski definition) is 4. The Morgan fingerprint density at radius 2 is 2.04 bits per heavy atom. The van der Waals surface area contributed by atoms with Crippen LogP contribution in [0.5, 0.6) is 0 Å². The van der Waals surface area contributed by atoms with Gasteiger partial charge < -0.3 is 10.2 Å². The number of urea groups is 1. The minimum absolute atomic E-state index is 0.0914. The maximum absolute atomic E-state index is 12.4. The lowest BCUT2D eigenvalue weighted by Gasteiger charge is -2.29. The first-order valence-corrected chi connectivity index (χ1v) is 10.2. The van der Waals surface area contributed by atoms with E-state index < -0.39 is 34.4 Å². The highest BCUT2D eigenvalue weighted by atomic mass is 32.3. The summed E-state index contributed by atoms with van der Waals surface area (Å²) in [6.45, 7) is 1.80. The van der Waals surface area contributed by atoms with E-state index in [1.54, 1.807) is 0 Å². The molecule has 27 heavy (non-hydrogen) atoms. The molecule has 0 aromatic rings. The summed E-state index contributed by atoms with van der Waals surface area (Å²) in [7, 11) is -4.84. The van der Waals surface area contributed by atoms with Crippen molar-refractivity contribution in [2.24, 2.45) is 5.92 Å². The standard InChI is InChI=1S/C14H23N5O7S/c20-12(6-9-2-1-5-15-7-9)16-17-13(21)11-4-3-10-8-18(11)14(22)19(10)26-27(23,24)25/h9-11,15H,1-8H2,(H,16,20)(H,17,21)(H,23,24,25)/t9?,10-,11+/m0/s1. The molecule has 3 aliphatic heterocycles. The van der Waals surface area contributed by atoms with Crippen molar-refractivity contribution in [2.75, 3.05) is 19.6 Å². The number of rotatable bonds is 5. The lowest BCUT2D eigenvalue weighted by molar-refractivity contribution is -0.132. The second-order valence-corrected chi connectivity index (χ2v) is 7.97. The van der Waals surface area contributed by atoms with Crippen LogP contribution in [0.1, 0.15) is 32.1 Å². The largest absolute Gasteiger partial charge is 0.418 e. The number of hydrogen-bond acceptors (Lipinski definition) is 7. The minimum Gasteiger partial charge on any atom is -0.316 e. The average Bonchev–Trinajstić information content (AvgIpc) is 2.84. The number of hydrazine groups is 1. The summed E-state index contributed by atoms with van der Waals surface area (Å²) in [6.07, 6.45) is 2.84. The number of fused-ring (bicyclic) bond motifs is 2. The molecular formula is C14H23N5O7S. The van der Waals surface area contributed by atoms with Crippen LogP contribution in [-0.4, -0.2) is 72.5 Å². The molecule has 12 nitrogen and oxygen atoms in total. The van der Waals surface area contributed by atoms with E-state index in [1.165, 1.54) is 0 Å². The third-order valence-electron chi connectivity index (χ3n) is 5.00. The SMILES string of the molecule is O=C(CC1CCCNC1)NNC(=O)[C@H]1CC[C@H]2CN1C(=O)N2OS(=O)(=O)O. The molecule has 13 heteroatoms. The summed E-state index contributed by atoms with van der Waals surface area (Å²) in [4.78, 5) is 37.8. The van der Waals surface area contributed by atoms with Crippen molar-refractivity contribution in [3.63, 3.8) is 0 Å². The molecule has 3 atom stereocenters. The fourth-order valence-corrected chi connectivity index (χ4v) is 4.12. The Balaban J connectivity index is 1.50. The third kappa shape index (κ3) is 4.86. The highest BCUT2D eigenvalue weighted by molar-refractivity contribution is 7.80. The number of hydroxylamine groups is 2. The van der Waals surface area contributed by atoms with E-state index >= 15 is 0 Å². The van der Waals surface area contributed by atoms with Crippen LogP contribution in [0, 0.1) is 5.92 Å². The van der Waals surface area contributed by atoms with Gasteiger partial charge in [0.15, 0.2) is 0 Å². The summed E-state index contributed by atoms with van der Waals surface area (Å²) in [6, 6.07) is -2.26. The Kier molecular flexibility index (Phi) is 5.83. The molecular weight excluding hydrogens is 382 g/mol. The van der Waals surface area contributed by atoms with Gasteiger partial charge in [0, 0.05) is 13.0 Å². The van der Waals surface area contributed by atoms with Crippen molar-refractivity contribution in [3.05, 3.63) is 0 Å². The Bertz CT molecular complexity index is 709. The van der Waals surface area contributed by atoms with Crippen molar-refractivity contribution in [1.29, 1.82) is 0 Å². The number of nitrogens with zero attached hydrogens (tertiary/aromatic N) is 2. The number of nitrogens with one attached hydrogen (secondary N) is 3. The first kappa shape index (κ1) is 19.8. The predicted octanol–water partition coefficient (Wildman–Crippen LogP) is -1.47. The number of piperidine rings is 2. The summed E-state index contributed by atoms with van der Waals surface area (Å²) >= 11 is 0. The van der Waals surface area contributed by atoms with Gasteiger partial charge in [0.1, 0.15) is 6.04 Å². The van der Waals surface area contributed by atoms with Crippen LogP contribution < -0.4 is 16.2 Å². The van der Waals surface area contributed by atoms with Crippen LogP contribution in [0.15, 0.2) is 0 Å². The van der Waals surface area contributed by atoms with Crippen LogP contribution in [0.4, 0.5) is 4.79 Å². The van der Waals surface area contributed by atoms with E-state index in [0.717, 1.165) is 30.8 Å². The third-order valence-corrected chi connectivity index (χ3v) is 5.35. The van der Waals surface area contributed by atoms with Gasteiger partial charge in [0.2, 0.25) is 5.91 Å². The zero-order valence-corrected chi connectivity index (χ0v) is 15.4. The van der Waals surface area contributed by atoms with Gasteiger partial charge in [-0.05, 0) is 44.7 Å². The van der Waals surface area contributed by atoms with Crippen LogP contribution in [0.2, 0.25) is 0 Å². The molecule has 2 bridgehead atoms. The van der Waals surface area contributed by atoms with Crippen molar-refractivity contribution in [3.8, 4) is 0 Å².